The molecule has 2 atom stereocenters. The molecule has 0 radical (unpaired) electrons. The van der Waals surface area contributed by atoms with Crippen molar-refractivity contribution in [2.75, 3.05) is 11.9 Å². The molecule has 2 amide bonds. The van der Waals surface area contributed by atoms with Crippen LogP contribution in [0.5, 0.6) is 0 Å². The molecule has 2 N–H and O–H groups in total. The lowest BCUT2D eigenvalue weighted by atomic mass is 10.0. The summed E-state index contributed by atoms with van der Waals surface area (Å²) in [4.78, 5) is 32.6. The van der Waals surface area contributed by atoms with Crippen molar-refractivity contribution in [3.05, 3.63) is 71.4 Å². The summed E-state index contributed by atoms with van der Waals surface area (Å²) >= 11 is 0. The Kier molecular flexibility index (Phi) is 6.00. The number of fused-ring (bicyclic) bond motifs is 2. The molecule has 160 valence electrons. The maximum absolute atomic E-state index is 13.7. The van der Waals surface area contributed by atoms with E-state index in [4.69, 9.17) is 0 Å². The zero-order chi connectivity index (χ0) is 22.0. The lowest BCUT2D eigenvalue weighted by Crippen LogP contribution is -2.52. The third-order valence-electron chi connectivity index (χ3n) is 6.11. The average molecular weight is 417 g/mol. The van der Waals surface area contributed by atoms with Crippen LogP contribution in [0, 0.1) is 6.92 Å². The van der Waals surface area contributed by atoms with Gasteiger partial charge in [0, 0.05) is 17.3 Å². The minimum absolute atomic E-state index is 0.0816. The summed E-state index contributed by atoms with van der Waals surface area (Å²) in [6.45, 7) is 4.24. The number of amides is 2. The molecule has 0 saturated heterocycles. The van der Waals surface area contributed by atoms with E-state index < -0.39 is 6.04 Å². The minimum Gasteiger partial charge on any atom is -0.343 e. The number of hydrogen-bond acceptors (Lipinski definition) is 4. The molecule has 6 heteroatoms. The van der Waals surface area contributed by atoms with Gasteiger partial charge in [0.05, 0.1) is 18.1 Å². The van der Waals surface area contributed by atoms with Crippen LogP contribution in [0.2, 0.25) is 0 Å². The van der Waals surface area contributed by atoms with Gasteiger partial charge in [-0.25, -0.2) is 0 Å². The van der Waals surface area contributed by atoms with Gasteiger partial charge in [-0.3, -0.25) is 14.6 Å². The number of pyridine rings is 1. The van der Waals surface area contributed by atoms with Crippen molar-refractivity contribution in [2.24, 2.45) is 0 Å². The number of hydrogen-bond donors (Lipinski definition) is 2. The Morgan fingerprint density at radius 3 is 2.74 bits per heavy atom. The first-order valence-corrected chi connectivity index (χ1v) is 10.7. The van der Waals surface area contributed by atoms with Crippen LogP contribution in [0.3, 0.4) is 0 Å². The summed E-state index contributed by atoms with van der Waals surface area (Å²) in [7, 11) is 1.73. The van der Waals surface area contributed by atoms with Gasteiger partial charge in [-0.15, -0.1) is 0 Å². The molecule has 2 heterocycles. The smallest absolute Gasteiger partial charge is 0.249 e. The van der Waals surface area contributed by atoms with Gasteiger partial charge in [0.2, 0.25) is 11.8 Å². The molecule has 3 aromatic rings. The fraction of sp³-hybridized carbons (Fsp3) is 0.320. The molecule has 2 aromatic carbocycles. The van der Waals surface area contributed by atoms with E-state index in [1.807, 2.05) is 60.5 Å². The lowest BCUT2D eigenvalue weighted by molar-refractivity contribution is -0.128. The number of carbonyl (C=O) groups is 2. The molecule has 0 unspecified atom stereocenters. The number of anilines is 1. The Morgan fingerprint density at radius 1 is 1.19 bits per heavy atom. The van der Waals surface area contributed by atoms with Crippen molar-refractivity contribution in [1.29, 1.82) is 0 Å². The first-order chi connectivity index (χ1) is 15.0. The summed E-state index contributed by atoms with van der Waals surface area (Å²) in [6.07, 6.45) is 3.16. The first-order valence-electron chi connectivity index (χ1n) is 10.7. The zero-order valence-electron chi connectivity index (χ0n) is 18.2. The van der Waals surface area contributed by atoms with Crippen molar-refractivity contribution in [3.8, 4) is 0 Å². The molecular weight excluding hydrogens is 388 g/mol. The number of aryl methyl sites for hydroxylation is 2. The van der Waals surface area contributed by atoms with Crippen LogP contribution in [-0.2, 0) is 22.6 Å². The number of para-hydroxylation sites is 2. The fourth-order valence-corrected chi connectivity index (χ4v) is 4.11. The first kappa shape index (κ1) is 21.0. The van der Waals surface area contributed by atoms with E-state index in [0.717, 1.165) is 39.7 Å². The number of aromatic nitrogens is 1. The molecule has 1 aliphatic heterocycles. The number of likely N-dealkylation sites (N-methyl/N-ethyl adjacent to an activating group) is 1. The van der Waals surface area contributed by atoms with Crippen molar-refractivity contribution in [3.63, 3.8) is 0 Å². The highest BCUT2D eigenvalue weighted by molar-refractivity contribution is 6.01. The maximum atomic E-state index is 13.7. The predicted octanol–water partition coefficient (Wildman–Crippen LogP) is 3.12. The molecule has 1 aliphatic rings. The van der Waals surface area contributed by atoms with Gasteiger partial charge in [-0.1, -0.05) is 36.4 Å². The molecule has 6 nitrogen and oxygen atoms in total. The van der Waals surface area contributed by atoms with Gasteiger partial charge in [0.1, 0.15) is 6.04 Å². The fourth-order valence-electron chi connectivity index (χ4n) is 4.11. The second-order valence-electron chi connectivity index (χ2n) is 8.10. The topological polar surface area (TPSA) is 74.3 Å². The van der Waals surface area contributed by atoms with Crippen molar-refractivity contribution in [2.45, 2.75) is 45.3 Å². The molecule has 0 fully saturated rings. The second-order valence-corrected chi connectivity index (χ2v) is 8.10. The van der Waals surface area contributed by atoms with Crippen molar-refractivity contribution < 1.29 is 9.59 Å². The highest BCUT2D eigenvalue weighted by Crippen LogP contribution is 2.31. The molecule has 0 bridgehead atoms. The number of nitrogens with zero attached hydrogens (tertiary/aromatic N) is 2. The molecule has 0 aliphatic carbocycles. The Labute approximate surface area is 182 Å². The Bertz CT molecular complexity index is 1130. The van der Waals surface area contributed by atoms with Gasteiger partial charge in [0.15, 0.2) is 0 Å². The normalized spacial score (nSPS) is 17.2. The van der Waals surface area contributed by atoms with E-state index in [2.05, 4.69) is 21.7 Å². The largest absolute Gasteiger partial charge is 0.343 e. The Morgan fingerprint density at radius 2 is 1.94 bits per heavy atom. The summed E-state index contributed by atoms with van der Waals surface area (Å²) in [5.41, 5.74) is 5.05. The summed E-state index contributed by atoms with van der Waals surface area (Å²) in [6, 6.07) is 15.1. The van der Waals surface area contributed by atoms with Crippen LogP contribution < -0.4 is 15.5 Å². The van der Waals surface area contributed by atoms with E-state index >= 15 is 0 Å². The van der Waals surface area contributed by atoms with Crippen LogP contribution in [0.15, 0.2) is 54.7 Å². The summed E-state index contributed by atoms with van der Waals surface area (Å²) < 4.78 is 0. The Hall–Kier alpha value is -3.25. The average Bonchev–Trinajstić information content (AvgIpc) is 2.92. The van der Waals surface area contributed by atoms with Crippen LogP contribution in [-0.4, -0.2) is 35.9 Å². The van der Waals surface area contributed by atoms with Crippen molar-refractivity contribution in [1.82, 2.24) is 15.6 Å². The second kappa shape index (κ2) is 8.86. The molecule has 31 heavy (non-hydrogen) atoms. The lowest BCUT2D eigenvalue weighted by Gasteiger charge is -2.28. The van der Waals surface area contributed by atoms with E-state index in [1.165, 1.54) is 0 Å². The summed E-state index contributed by atoms with van der Waals surface area (Å²) in [5, 5.41) is 6.94. The van der Waals surface area contributed by atoms with Gasteiger partial charge >= 0.3 is 0 Å². The molecule has 4 rings (SSSR count). The highest BCUT2D eigenvalue weighted by atomic mass is 16.2. The zero-order valence-corrected chi connectivity index (χ0v) is 18.2. The minimum atomic E-state index is -0.566. The molecular formula is C25H28N4O2. The van der Waals surface area contributed by atoms with E-state index in [-0.39, 0.29) is 17.9 Å². The van der Waals surface area contributed by atoms with Crippen LogP contribution in [0.4, 0.5) is 5.69 Å². The molecule has 1 aromatic heterocycles. The standard InChI is InChI=1S/C25H28N4O2/c1-16-14-27-21-10-6-5-9-19(21)20(16)15-29-23-11-7-4-8-18(23)12-13-22(25(29)31)28-24(30)17(2)26-3/h4-11,14,17,22,26H,12-13,15H2,1-3H3,(H,28,30)/t17-,22-/m0/s1. The molecule has 0 spiro atoms. The van der Waals surface area contributed by atoms with E-state index in [0.29, 0.717) is 13.0 Å². The third kappa shape index (κ3) is 4.16. The maximum Gasteiger partial charge on any atom is 0.249 e. The number of rotatable bonds is 5. The van der Waals surface area contributed by atoms with E-state index in [1.54, 1.807) is 14.0 Å². The third-order valence-corrected chi connectivity index (χ3v) is 6.11. The summed E-state index contributed by atoms with van der Waals surface area (Å²) in [5.74, 6) is -0.251. The van der Waals surface area contributed by atoms with E-state index in [9.17, 15) is 9.59 Å². The van der Waals surface area contributed by atoms with Gasteiger partial charge in [-0.05, 0) is 62.6 Å². The number of nitrogens with one attached hydrogen (secondary N) is 2. The molecule has 0 saturated carbocycles. The monoisotopic (exact) mass is 416 g/mol. The van der Waals surface area contributed by atoms with Gasteiger partial charge in [-0.2, -0.15) is 0 Å². The SMILES string of the molecule is CN[C@@H](C)C(=O)N[C@H]1CCc2ccccc2N(Cc2c(C)cnc3ccccc23)C1=O. The quantitative estimate of drug-likeness (QED) is 0.670. The highest BCUT2D eigenvalue weighted by Gasteiger charge is 2.32. The van der Waals surface area contributed by atoms with Crippen molar-refractivity contribution >= 4 is 28.4 Å². The number of benzene rings is 2. The van der Waals surface area contributed by atoms with Gasteiger partial charge in [0.25, 0.3) is 0 Å². The van der Waals surface area contributed by atoms with Gasteiger partial charge < -0.3 is 15.5 Å². The predicted molar refractivity (Wildman–Crippen MR) is 123 cm³/mol. The van der Waals surface area contributed by atoms with Crippen LogP contribution in [0.25, 0.3) is 10.9 Å². The number of carbonyl (C=O) groups excluding carboxylic acids is 2. The van der Waals surface area contributed by atoms with Crippen LogP contribution >= 0.6 is 0 Å². The Balaban J connectivity index is 1.74. The van der Waals surface area contributed by atoms with Crippen LogP contribution in [0.1, 0.15) is 30.0 Å².